The fourth-order valence-electron chi connectivity index (χ4n) is 5.30. The number of ether oxygens (including phenoxy) is 5. The van der Waals surface area contributed by atoms with Gasteiger partial charge in [-0.05, 0) is 24.2 Å². The third kappa shape index (κ3) is 11.4. The van der Waals surface area contributed by atoms with Gasteiger partial charge in [-0.2, -0.15) is 0 Å². The molecule has 0 bridgehead atoms. The number of aliphatic hydroxyl groups is 10. The fourth-order valence-corrected chi connectivity index (χ4v) is 5.30. The molecule has 0 radical (unpaired) electrons. The predicted molar refractivity (Wildman–Crippen MR) is 163 cm³/mol. The van der Waals surface area contributed by atoms with Gasteiger partial charge in [-0.15, -0.1) is 0 Å². The van der Waals surface area contributed by atoms with Crippen molar-refractivity contribution < 1.29 is 84.3 Å². The van der Waals surface area contributed by atoms with E-state index in [4.69, 9.17) is 23.7 Å². The van der Waals surface area contributed by atoms with E-state index in [-0.39, 0.29) is 31.5 Å². The molecule has 17 heteroatoms. The molecule has 2 fully saturated rings. The van der Waals surface area contributed by atoms with Crippen LogP contribution in [0.3, 0.4) is 0 Å². The molecule has 0 aromatic rings. The van der Waals surface area contributed by atoms with Crippen LogP contribution in [0.15, 0.2) is 11.5 Å². The van der Waals surface area contributed by atoms with Crippen molar-refractivity contribution in [1.29, 1.82) is 0 Å². The third-order valence-corrected chi connectivity index (χ3v) is 8.34. The highest BCUT2D eigenvalue weighted by Crippen LogP contribution is 2.38. The zero-order valence-corrected chi connectivity index (χ0v) is 28.4. The van der Waals surface area contributed by atoms with Crippen molar-refractivity contribution in [1.82, 2.24) is 0 Å². The summed E-state index contributed by atoms with van der Waals surface area (Å²) >= 11 is 0. The lowest BCUT2D eigenvalue weighted by molar-refractivity contribution is -0.285. The van der Waals surface area contributed by atoms with Crippen LogP contribution in [-0.2, 0) is 33.3 Å². The van der Waals surface area contributed by atoms with Crippen LogP contribution in [0, 0.1) is 16.7 Å². The number of aliphatic hydroxyl groups excluding tert-OH is 10. The number of hydrogen-bond acceptors (Lipinski definition) is 17. The Labute approximate surface area is 279 Å². The van der Waals surface area contributed by atoms with E-state index in [1.54, 1.807) is 20.8 Å². The zero-order valence-electron chi connectivity index (χ0n) is 28.4. The molecule has 0 amide bonds. The van der Waals surface area contributed by atoms with E-state index in [2.05, 4.69) is 0 Å². The molecule has 13 unspecified atom stereocenters. The zero-order chi connectivity index (χ0) is 36.9. The summed E-state index contributed by atoms with van der Waals surface area (Å²) in [6, 6.07) is 0. The molecule has 3 heterocycles. The molecule has 3 rings (SSSR count). The van der Waals surface area contributed by atoms with Gasteiger partial charge >= 0.3 is 11.9 Å². The van der Waals surface area contributed by atoms with Crippen LogP contribution in [0.2, 0.25) is 0 Å². The Balaban J connectivity index is 0.000000444. The summed E-state index contributed by atoms with van der Waals surface area (Å²) in [6.07, 6.45) is -14.9. The molecule has 10 N–H and O–H groups in total. The van der Waals surface area contributed by atoms with Crippen LogP contribution in [0.25, 0.3) is 0 Å². The number of esters is 2. The Morgan fingerprint density at radius 3 is 1.71 bits per heavy atom. The summed E-state index contributed by atoms with van der Waals surface area (Å²) in [4.78, 5) is 24.1. The summed E-state index contributed by atoms with van der Waals surface area (Å²) in [5.74, 6) is -3.29. The van der Waals surface area contributed by atoms with Gasteiger partial charge in [-0.1, -0.05) is 41.5 Å². The molecule has 2 saturated heterocycles. The van der Waals surface area contributed by atoms with Gasteiger partial charge in [0.2, 0.25) is 6.29 Å². The minimum atomic E-state index is -1.66. The maximum Gasteiger partial charge on any atom is 0.306 e. The summed E-state index contributed by atoms with van der Waals surface area (Å²) < 4.78 is 25.8. The van der Waals surface area contributed by atoms with Crippen LogP contribution >= 0.6 is 0 Å². The molecule has 0 aliphatic carbocycles. The van der Waals surface area contributed by atoms with Crippen molar-refractivity contribution in [3.05, 3.63) is 11.5 Å². The van der Waals surface area contributed by atoms with Gasteiger partial charge in [0.25, 0.3) is 0 Å². The van der Waals surface area contributed by atoms with E-state index in [1.165, 1.54) is 6.92 Å². The Kier molecular flexibility index (Phi) is 15.0. The van der Waals surface area contributed by atoms with Crippen molar-refractivity contribution in [3.8, 4) is 0 Å². The molecule has 3 aliphatic rings. The van der Waals surface area contributed by atoms with Crippen LogP contribution in [0.4, 0.5) is 0 Å². The summed E-state index contributed by atoms with van der Waals surface area (Å²) in [5.41, 5.74) is -0.633. The number of hydrogen-bond donors (Lipinski definition) is 10. The highest BCUT2D eigenvalue weighted by Gasteiger charge is 2.46. The average Bonchev–Trinajstić information content (AvgIpc) is 3.23. The normalized spacial score (nSPS) is 36.6. The average molecular weight is 699 g/mol. The van der Waals surface area contributed by atoms with Crippen LogP contribution in [0.1, 0.15) is 67.7 Å². The van der Waals surface area contributed by atoms with E-state index in [0.29, 0.717) is 6.42 Å². The second-order valence-corrected chi connectivity index (χ2v) is 14.7. The molecule has 3 aliphatic heterocycles. The van der Waals surface area contributed by atoms with Crippen molar-refractivity contribution in [3.63, 3.8) is 0 Å². The summed E-state index contributed by atoms with van der Waals surface area (Å²) in [6.45, 7) is 12.2. The van der Waals surface area contributed by atoms with Crippen LogP contribution < -0.4 is 0 Å². The second kappa shape index (κ2) is 17.2. The Morgan fingerprint density at radius 1 is 0.688 bits per heavy atom. The van der Waals surface area contributed by atoms with Gasteiger partial charge in [-0.3, -0.25) is 9.59 Å². The van der Waals surface area contributed by atoms with E-state index in [0.717, 1.165) is 0 Å². The molecule has 17 nitrogen and oxygen atoms in total. The number of carbonyl (C=O) groups is 2. The van der Waals surface area contributed by atoms with Gasteiger partial charge in [0.1, 0.15) is 55.4 Å². The van der Waals surface area contributed by atoms with Crippen LogP contribution in [0.5, 0.6) is 0 Å². The molecule has 280 valence electrons. The van der Waals surface area contributed by atoms with E-state index < -0.39 is 108 Å². The topological polar surface area (TPSA) is 283 Å². The predicted octanol–water partition coefficient (Wildman–Crippen LogP) is -1.35. The molecular formula is C31H54O17. The van der Waals surface area contributed by atoms with Gasteiger partial charge in [0.15, 0.2) is 17.8 Å². The third-order valence-electron chi connectivity index (χ3n) is 8.34. The van der Waals surface area contributed by atoms with E-state index >= 15 is 0 Å². The van der Waals surface area contributed by atoms with Crippen LogP contribution in [-0.4, -0.2) is 150 Å². The van der Waals surface area contributed by atoms with Crippen molar-refractivity contribution in [2.45, 2.75) is 141 Å². The Morgan fingerprint density at radius 2 is 1.21 bits per heavy atom. The lowest BCUT2D eigenvalue weighted by Crippen LogP contribution is -2.58. The SMILES string of the molecule is CC(C)(C)CC1OC(O)C(O)C(O)C1O.CC1OC(COC(=O)CCC(=O)OCC(C2OC(O)C(O)=C2O)C(C)(C)C)C(O)C(O)C1O. The summed E-state index contributed by atoms with van der Waals surface area (Å²) in [7, 11) is 0. The van der Waals surface area contributed by atoms with Crippen molar-refractivity contribution in [2.24, 2.45) is 16.7 Å². The molecule has 0 aromatic heterocycles. The molecule has 0 spiro atoms. The highest BCUT2D eigenvalue weighted by molar-refractivity contribution is 5.77. The minimum absolute atomic E-state index is 0.0899. The van der Waals surface area contributed by atoms with E-state index in [9.17, 15) is 60.7 Å². The molecule has 0 saturated carbocycles. The first kappa shape index (κ1) is 42.0. The first-order valence-electron chi connectivity index (χ1n) is 15.8. The minimum Gasteiger partial charge on any atom is -0.506 e. The van der Waals surface area contributed by atoms with Crippen molar-refractivity contribution in [2.75, 3.05) is 13.2 Å². The standard InChI is InChI=1S/C21H34O12.C10H20O5/c1-9-14(24)16(26)15(25)11(32-9)8-31-13(23)6-5-12(22)30-7-10(21(2,3)4)19-17(27)18(28)20(29)33-19;1-10(2,3)4-5-6(11)7(12)8(13)9(14)15-5/h9-11,14-16,19-20,24-29H,5-8H2,1-4H3;5-9,11-14H,4H2,1-3H3. The maximum absolute atomic E-state index is 12.1. The van der Waals surface area contributed by atoms with Gasteiger partial charge in [-0.25, -0.2) is 0 Å². The lowest BCUT2D eigenvalue weighted by Gasteiger charge is -2.40. The van der Waals surface area contributed by atoms with Crippen molar-refractivity contribution >= 4 is 11.9 Å². The molecular weight excluding hydrogens is 644 g/mol. The van der Waals surface area contributed by atoms with E-state index in [1.807, 2.05) is 20.8 Å². The van der Waals surface area contributed by atoms with Gasteiger partial charge < -0.3 is 74.7 Å². The smallest absolute Gasteiger partial charge is 0.306 e. The monoisotopic (exact) mass is 698 g/mol. The second-order valence-electron chi connectivity index (χ2n) is 14.7. The number of carbonyl (C=O) groups excluding carboxylic acids is 2. The first-order chi connectivity index (χ1) is 22.0. The number of rotatable bonds is 9. The molecule has 13 atom stereocenters. The fraction of sp³-hybridized carbons (Fsp3) is 0.871. The Bertz CT molecular complexity index is 1080. The maximum atomic E-state index is 12.1. The van der Waals surface area contributed by atoms with Gasteiger partial charge in [0.05, 0.1) is 31.7 Å². The molecule has 48 heavy (non-hydrogen) atoms. The Hall–Kier alpha value is -2.16. The first-order valence-corrected chi connectivity index (χ1v) is 15.8. The largest absolute Gasteiger partial charge is 0.506 e. The lowest BCUT2D eigenvalue weighted by atomic mass is 9.77. The molecule has 0 aromatic carbocycles. The quantitative estimate of drug-likeness (QED) is 0.125. The highest BCUT2D eigenvalue weighted by atomic mass is 16.6. The summed E-state index contributed by atoms with van der Waals surface area (Å²) in [5, 5.41) is 96.2. The van der Waals surface area contributed by atoms with Gasteiger partial charge in [0, 0.05) is 5.92 Å².